The van der Waals surface area contributed by atoms with E-state index in [-0.39, 0.29) is 6.42 Å². The number of rotatable bonds is 9. The highest BCUT2D eigenvalue weighted by molar-refractivity contribution is 6.31. The number of aliphatic hydroxyl groups excluding tert-OH is 1. The lowest BCUT2D eigenvalue weighted by Crippen LogP contribution is -2.35. The first-order valence-corrected chi connectivity index (χ1v) is 8.49. The Kier molecular flexibility index (Phi) is 7.73. The van der Waals surface area contributed by atoms with Crippen LogP contribution in [0.4, 0.5) is 5.69 Å². The third kappa shape index (κ3) is 6.05. The number of carbonyl (C=O) groups is 1. The van der Waals surface area contributed by atoms with Gasteiger partial charge in [0.15, 0.2) is 0 Å². The molecule has 0 aliphatic rings. The van der Waals surface area contributed by atoms with Gasteiger partial charge >= 0.3 is 0 Å². The summed E-state index contributed by atoms with van der Waals surface area (Å²) in [5.41, 5.74) is 2.62. The molecule has 0 aliphatic carbocycles. The third-order valence-electron chi connectivity index (χ3n) is 3.77. The number of halogens is 1. The molecule has 2 aromatic carbocycles. The van der Waals surface area contributed by atoms with Gasteiger partial charge in [-0.1, -0.05) is 48.0 Å². The van der Waals surface area contributed by atoms with Crippen LogP contribution in [0, 0.1) is 0 Å². The molecule has 0 saturated heterocycles. The predicted molar refractivity (Wildman–Crippen MR) is 99.8 cm³/mol. The Morgan fingerprint density at radius 3 is 2.56 bits per heavy atom. The molecule has 0 radical (unpaired) electrons. The quantitative estimate of drug-likeness (QED) is 0.600. The summed E-state index contributed by atoms with van der Waals surface area (Å²) in [4.78, 5) is 12.2. The Bertz CT molecular complexity index is 694. The summed E-state index contributed by atoms with van der Waals surface area (Å²) in [5, 5.41) is 16.7. The molecule has 0 aliphatic heterocycles. The maximum atomic E-state index is 12.2. The molecule has 25 heavy (non-hydrogen) atoms. The number of benzene rings is 2. The second kappa shape index (κ2) is 10.0. The van der Waals surface area contributed by atoms with Crippen molar-refractivity contribution >= 4 is 23.2 Å². The Hall–Kier alpha value is -2.08. The third-order valence-corrected chi connectivity index (χ3v) is 4.13. The normalized spacial score (nSPS) is 11.8. The molecule has 0 spiro atoms. The zero-order chi connectivity index (χ0) is 18.1. The van der Waals surface area contributed by atoms with Crippen molar-refractivity contribution in [2.24, 2.45) is 0 Å². The summed E-state index contributed by atoms with van der Waals surface area (Å²) in [6, 6.07) is 14.9. The number of carbonyl (C=O) groups excluding carboxylic acids is 1. The summed E-state index contributed by atoms with van der Waals surface area (Å²) < 4.78 is 5.02. The van der Waals surface area contributed by atoms with E-state index in [1.54, 1.807) is 19.2 Å². The van der Waals surface area contributed by atoms with E-state index in [4.69, 9.17) is 16.3 Å². The largest absolute Gasteiger partial charge is 0.383 e. The van der Waals surface area contributed by atoms with Crippen molar-refractivity contribution in [2.75, 3.05) is 25.6 Å². The summed E-state index contributed by atoms with van der Waals surface area (Å²) in [6.45, 7) is 1.60. The summed E-state index contributed by atoms with van der Waals surface area (Å²) in [5.74, 6) is -0.424. The average molecular weight is 363 g/mol. The van der Waals surface area contributed by atoms with Gasteiger partial charge in [-0.05, 0) is 23.3 Å². The van der Waals surface area contributed by atoms with Crippen molar-refractivity contribution in [1.82, 2.24) is 5.32 Å². The molecule has 0 bridgehead atoms. The van der Waals surface area contributed by atoms with E-state index in [2.05, 4.69) is 10.6 Å². The Morgan fingerprint density at radius 2 is 1.84 bits per heavy atom. The molecule has 2 rings (SSSR count). The van der Waals surface area contributed by atoms with E-state index in [0.29, 0.717) is 24.7 Å². The van der Waals surface area contributed by atoms with Gasteiger partial charge in [-0.15, -0.1) is 0 Å². The molecule has 0 heterocycles. The van der Waals surface area contributed by atoms with Crippen molar-refractivity contribution in [3.8, 4) is 0 Å². The van der Waals surface area contributed by atoms with Crippen LogP contribution in [0.1, 0.15) is 11.1 Å². The van der Waals surface area contributed by atoms with Crippen molar-refractivity contribution in [3.63, 3.8) is 0 Å². The molecule has 2 aromatic rings. The van der Waals surface area contributed by atoms with Gasteiger partial charge in [0.1, 0.15) is 6.10 Å². The number of methoxy groups -OCH3 is 1. The lowest BCUT2D eigenvalue weighted by molar-refractivity contribution is -0.129. The SMILES string of the molecule is COCCNc1ccccc1CNC(=O)[C@H](O)Cc1ccccc1Cl. The molecule has 3 N–H and O–H groups in total. The standard InChI is InChI=1S/C19H23ClN2O3/c1-25-11-10-21-17-9-5-3-7-15(17)13-22-19(24)18(23)12-14-6-2-4-8-16(14)20/h2-9,18,21,23H,10-13H2,1H3,(H,22,24)/t18-/m1/s1. The average Bonchev–Trinajstić information content (AvgIpc) is 2.62. The minimum absolute atomic E-state index is 0.180. The molecule has 1 amide bonds. The lowest BCUT2D eigenvalue weighted by atomic mass is 10.1. The van der Waals surface area contributed by atoms with E-state index >= 15 is 0 Å². The minimum atomic E-state index is -1.14. The van der Waals surface area contributed by atoms with Gasteiger partial charge in [-0.25, -0.2) is 0 Å². The lowest BCUT2D eigenvalue weighted by Gasteiger charge is -2.15. The Balaban J connectivity index is 1.90. The second-order valence-electron chi connectivity index (χ2n) is 5.61. The van der Waals surface area contributed by atoms with E-state index in [1.807, 2.05) is 36.4 Å². The van der Waals surface area contributed by atoms with Crippen LogP contribution in [0.25, 0.3) is 0 Å². The van der Waals surface area contributed by atoms with E-state index in [9.17, 15) is 9.90 Å². The van der Waals surface area contributed by atoms with Crippen LogP contribution in [0.3, 0.4) is 0 Å². The van der Waals surface area contributed by atoms with Crippen molar-refractivity contribution < 1.29 is 14.6 Å². The number of hydrogen-bond acceptors (Lipinski definition) is 4. The van der Waals surface area contributed by atoms with Crippen LogP contribution < -0.4 is 10.6 Å². The van der Waals surface area contributed by atoms with Crippen LogP contribution in [0.2, 0.25) is 5.02 Å². The molecular formula is C19H23ClN2O3. The van der Waals surface area contributed by atoms with Crippen molar-refractivity contribution in [1.29, 1.82) is 0 Å². The van der Waals surface area contributed by atoms with Gasteiger partial charge in [-0.2, -0.15) is 0 Å². The highest BCUT2D eigenvalue weighted by Gasteiger charge is 2.17. The molecule has 5 nitrogen and oxygen atoms in total. The molecule has 6 heteroatoms. The van der Waals surface area contributed by atoms with Gasteiger partial charge in [0, 0.05) is 37.3 Å². The minimum Gasteiger partial charge on any atom is -0.383 e. The highest BCUT2D eigenvalue weighted by atomic mass is 35.5. The fraction of sp³-hybridized carbons (Fsp3) is 0.316. The van der Waals surface area contributed by atoms with E-state index in [1.165, 1.54) is 0 Å². The molecule has 0 fully saturated rings. The van der Waals surface area contributed by atoms with Crippen molar-refractivity contribution in [2.45, 2.75) is 19.1 Å². The van der Waals surface area contributed by atoms with Crippen molar-refractivity contribution in [3.05, 3.63) is 64.7 Å². The summed E-state index contributed by atoms with van der Waals surface area (Å²) in [7, 11) is 1.65. The number of anilines is 1. The number of ether oxygens (including phenoxy) is 1. The first kappa shape index (κ1) is 19.2. The van der Waals surface area contributed by atoms with Crippen LogP contribution in [0.5, 0.6) is 0 Å². The first-order valence-electron chi connectivity index (χ1n) is 8.11. The monoisotopic (exact) mass is 362 g/mol. The Labute approximate surface area is 153 Å². The van der Waals surface area contributed by atoms with Crippen LogP contribution in [0.15, 0.2) is 48.5 Å². The molecular weight excluding hydrogens is 340 g/mol. The molecule has 0 saturated carbocycles. The first-order chi connectivity index (χ1) is 12.1. The van der Waals surface area contributed by atoms with Gasteiger partial charge in [0.05, 0.1) is 6.61 Å². The predicted octanol–water partition coefficient (Wildman–Crippen LogP) is 2.62. The van der Waals surface area contributed by atoms with Crippen LogP contribution >= 0.6 is 11.6 Å². The molecule has 0 unspecified atom stereocenters. The smallest absolute Gasteiger partial charge is 0.249 e. The fourth-order valence-electron chi connectivity index (χ4n) is 2.40. The number of aliphatic hydroxyl groups is 1. The second-order valence-corrected chi connectivity index (χ2v) is 6.01. The molecule has 0 aromatic heterocycles. The van der Waals surface area contributed by atoms with E-state index < -0.39 is 12.0 Å². The number of hydrogen-bond donors (Lipinski definition) is 3. The van der Waals surface area contributed by atoms with E-state index in [0.717, 1.165) is 16.8 Å². The van der Waals surface area contributed by atoms with Gasteiger partial charge in [0.2, 0.25) is 5.91 Å². The summed E-state index contributed by atoms with van der Waals surface area (Å²) >= 11 is 6.07. The number of amides is 1. The number of para-hydroxylation sites is 1. The van der Waals surface area contributed by atoms with Gasteiger partial charge < -0.3 is 20.5 Å². The zero-order valence-electron chi connectivity index (χ0n) is 14.2. The molecule has 134 valence electrons. The molecule has 1 atom stereocenters. The van der Waals surface area contributed by atoms with Crippen LogP contribution in [-0.4, -0.2) is 37.4 Å². The number of nitrogens with one attached hydrogen (secondary N) is 2. The maximum absolute atomic E-state index is 12.2. The maximum Gasteiger partial charge on any atom is 0.249 e. The highest BCUT2D eigenvalue weighted by Crippen LogP contribution is 2.17. The van der Waals surface area contributed by atoms with Crippen LogP contribution in [-0.2, 0) is 22.5 Å². The van der Waals surface area contributed by atoms with Gasteiger partial charge in [-0.3, -0.25) is 4.79 Å². The fourth-order valence-corrected chi connectivity index (χ4v) is 2.61. The zero-order valence-corrected chi connectivity index (χ0v) is 14.9. The topological polar surface area (TPSA) is 70.6 Å². The Morgan fingerprint density at radius 1 is 1.16 bits per heavy atom. The van der Waals surface area contributed by atoms with Gasteiger partial charge in [0.25, 0.3) is 0 Å². The summed E-state index contributed by atoms with van der Waals surface area (Å²) in [6.07, 6.45) is -0.965.